The van der Waals surface area contributed by atoms with Gasteiger partial charge in [-0.25, -0.2) is 23.2 Å². The van der Waals surface area contributed by atoms with Crippen molar-refractivity contribution in [3.05, 3.63) is 29.0 Å². The van der Waals surface area contributed by atoms with Gasteiger partial charge in [-0.2, -0.15) is 4.98 Å². The van der Waals surface area contributed by atoms with E-state index in [1.165, 1.54) is 0 Å². The van der Waals surface area contributed by atoms with E-state index in [9.17, 15) is 18.3 Å². The molecule has 0 radical (unpaired) electrons. The van der Waals surface area contributed by atoms with Crippen LogP contribution in [0.1, 0.15) is 51.4 Å². The number of carboxylic acid groups (broad SMARTS) is 1. The fraction of sp³-hybridized carbons (Fsp3) is 0.500. The second-order valence-electron chi connectivity index (χ2n) is 10.1. The zero-order chi connectivity index (χ0) is 25.6. The van der Waals surface area contributed by atoms with Gasteiger partial charge >= 0.3 is 5.97 Å². The van der Waals surface area contributed by atoms with E-state index in [4.69, 9.17) is 9.15 Å². The SMILES string of the molecule is Cc1cc(-c2nc3c(CC(C)C)nc(S(C)(=O)=O)nc3o2)cc(C)c1OC(C(=O)O)C(C)(C)C. The number of carbonyl (C=O) groups is 1. The zero-order valence-electron chi connectivity index (χ0n) is 20.8. The number of carboxylic acids is 1. The van der Waals surface area contributed by atoms with Crippen molar-refractivity contribution < 1.29 is 27.5 Å². The summed E-state index contributed by atoms with van der Waals surface area (Å²) < 4.78 is 36.0. The van der Waals surface area contributed by atoms with Crippen LogP contribution in [0.4, 0.5) is 0 Å². The highest BCUT2D eigenvalue weighted by Gasteiger charge is 2.34. The molecule has 0 aliphatic heterocycles. The molecule has 34 heavy (non-hydrogen) atoms. The number of fused-ring (bicyclic) bond motifs is 1. The summed E-state index contributed by atoms with van der Waals surface area (Å²) in [7, 11) is -3.63. The number of hydrogen-bond donors (Lipinski definition) is 1. The van der Waals surface area contributed by atoms with E-state index >= 15 is 0 Å². The summed E-state index contributed by atoms with van der Waals surface area (Å²) in [5.41, 5.74) is 2.52. The molecule has 10 heteroatoms. The summed E-state index contributed by atoms with van der Waals surface area (Å²) in [4.78, 5) is 24.7. The van der Waals surface area contributed by atoms with Crippen molar-refractivity contribution in [2.24, 2.45) is 11.3 Å². The molecule has 2 heterocycles. The highest BCUT2D eigenvalue weighted by atomic mass is 32.2. The third-order valence-corrected chi connectivity index (χ3v) is 6.04. The minimum Gasteiger partial charge on any atom is -0.478 e. The first-order valence-electron chi connectivity index (χ1n) is 11.0. The Morgan fingerprint density at radius 2 is 1.71 bits per heavy atom. The monoisotopic (exact) mass is 489 g/mol. The van der Waals surface area contributed by atoms with Crippen LogP contribution in [0.3, 0.4) is 0 Å². The predicted octanol–water partition coefficient (Wildman–Crippen LogP) is 4.38. The number of aryl methyl sites for hydroxylation is 2. The maximum atomic E-state index is 12.1. The van der Waals surface area contributed by atoms with Gasteiger partial charge in [0.05, 0.1) is 5.69 Å². The number of aliphatic carboxylic acids is 1. The van der Waals surface area contributed by atoms with Crippen LogP contribution < -0.4 is 4.74 Å². The fourth-order valence-electron chi connectivity index (χ4n) is 3.65. The van der Waals surface area contributed by atoms with Gasteiger partial charge in [0.25, 0.3) is 5.71 Å². The number of oxazole rings is 1. The van der Waals surface area contributed by atoms with Gasteiger partial charge in [-0.1, -0.05) is 34.6 Å². The van der Waals surface area contributed by atoms with Gasteiger partial charge in [-0.3, -0.25) is 0 Å². The first-order valence-corrected chi connectivity index (χ1v) is 12.9. The Morgan fingerprint density at radius 1 is 1.12 bits per heavy atom. The molecule has 0 aliphatic carbocycles. The lowest BCUT2D eigenvalue weighted by molar-refractivity contribution is -0.150. The molecule has 1 atom stereocenters. The van der Waals surface area contributed by atoms with Crippen molar-refractivity contribution in [2.75, 3.05) is 6.26 Å². The van der Waals surface area contributed by atoms with E-state index in [0.29, 0.717) is 28.9 Å². The maximum absolute atomic E-state index is 12.1. The zero-order valence-corrected chi connectivity index (χ0v) is 21.6. The van der Waals surface area contributed by atoms with Crippen molar-refractivity contribution in [1.82, 2.24) is 15.0 Å². The van der Waals surface area contributed by atoms with Gasteiger partial charge in [0.1, 0.15) is 5.75 Å². The molecular formula is C24H31N3O6S. The van der Waals surface area contributed by atoms with Crippen LogP contribution in [0.2, 0.25) is 0 Å². The lowest BCUT2D eigenvalue weighted by atomic mass is 9.89. The van der Waals surface area contributed by atoms with Crippen LogP contribution in [-0.2, 0) is 21.1 Å². The second-order valence-corrected chi connectivity index (χ2v) is 12.0. The third-order valence-electron chi connectivity index (χ3n) is 5.20. The molecule has 0 aliphatic rings. The number of sulfone groups is 1. The normalized spacial score (nSPS) is 13.4. The quantitative estimate of drug-likeness (QED) is 0.480. The molecule has 0 amide bonds. The largest absolute Gasteiger partial charge is 0.478 e. The number of rotatable bonds is 7. The van der Waals surface area contributed by atoms with Gasteiger partial charge in [0.15, 0.2) is 11.6 Å². The Bertz CT molecular complexity index is 1330. The summed E-state index contributed by atoms with van der Waals surface area (Å²) >= 11 is 0. The minimum atomic E-state index is -3.63. The molecule has 0 fully saturated rings. The third kappa shape index (κ3) is 5.38. The average molecular weight is 490 g/mol. The summed E-state index contributed by atoms with van der Waals surface area (Å²) in [5, 5.41) is 9.33. The Hall–Kier alpha value is -3.01. The molecule has 1 aromatic carbocycles. The Kier molecular flexibility index (Phi) is 6.76. The highest BCUT2D eigenvalue weighted by molar-refractivity contribution is 7.90. The molecular weight excluding hydrogens is 458 g/mol. The molecule has 0 spiro atoms. The topological polar surface area (TPSA) is 132 Å². The molecule has 0 bridgehead atoms. The molecule has 3 rings (SSSR count). The lowest BCUT2D eigenvalue weighted by Gasteiger charge is -2.29. The van der Waals surface area contributed by atoms with Crippen molar-refractivity contribution in [3.63, 3.8) is 0 Å². The van der Waals surface area contributed by atoms with Crippen molar-refractivity contribution >= 4 is 27.0 Å². The van der Waals surface area contributed by atoms with Crippen LogP contribution in [-0.4, -0.2) is 46.8 Å². The van der Waals surface area contributed by atoms with Gasteiger partial charge in [0.2, 0.25) is 20.9 Å². The highest BCUT2D eigenvalue weighted by Crippen LogP contribution is 2.34. The summed E-state index contributed by atoms with van der Waals surface area (Å²) in [6.07, 6.45) is 0.545. The Labute approximate surface area is 199 Å². The van der Waals surface area contributed by atoms with Crippen LogP contribution >= 0.6 is 0 Å². The van der Waals surface area contributed by atoms with Gasteiger partial charge < -0.3 is 14.3 Å². The minimum absolute atomic E-state index is 0.107. The van der Waals surface area contributed by atoms with Crippen molar-refractivity contribution in [1.29, 1.82) is 0 Å². The molecule has 1 N–H and O–H groups in total. The number of ether oxygens (including phenoxy) is 1. The first-order chi connectivity index (χ1) is 15.6. The summed E-state index contributed by atoms with van der Waals surface area (Å²) in [6.45, 7) is 13.1. The molecule has 9 nitrogen and oxygen atoms in total. The standard InChI is InChI=1S/C24H31N3O6S/c1-12(2)9-16-17-21(27-23(25-16)34(8,30)31)33-20(26-17)15-10-13(3)18(14(4)11-15)32-19(22(28)29)24(5,6)7/h10-12,19H,9H2,1-8H3,(H,28,29). The van der Waals surface area contributed by atoms with E-state index < -0.39 is 27.3 Å². The Balaban J connectivity index is 2.10. The number of aromatic nitrogens is 3. The Morgan fingerprint density at radius 3 is 2.18 bits per heavy atom. The van der Waals surface area contributed by atoms with Gasteiger partial charge in [-0.15, -0.1) is 0 Å². The van der Waals surface area contributed by atoms with Crippen LogP contribution in [0, 0.1) is 25.2 Å². The fourth-order valence-corrected chi connectivity index (χ4v) is 4.17. The second kappa shape index (κ2) is 8.98. The molecule has 0 saturated carbocycles. The van der Waals surface area contributed by atoms with E-state index in [0.717, 1.165) is 17.4 Å². The van der Waals surface area contributed by atoms with E-state index in [1.807, 2.05) is 48.5 Å². The smallest absolute Gasteiger partial charge is 0.345 e. The maximum Gasteiger partial charge on any atom is 0.345 e. The molecule has 2 aromatic heterocycles. The summed E-state index contributed by atoms with van der Waals surface area (Å²) in [5.74, 6) is -0.0611. The first kappa shape index (κ1) is 25.6. The molecule has 1 unspecified atom stereocenters. The average Bonchev–Trinajstić information content (AvgIpc) is 3.09. The lowest BCUT2D eigenvalue weighted by Crippen LogP contribution is -2.39. The van der Waals surface area contributed by atoms with Crippen LogP contribution in [0.15, 0.2) is 21.7 Å². The van der Waals surface area contributed by atoms with E-state index in [2.05, 4.69) is 15.0 Å². The summed E-state index contributed by atoms with van der Waals surface area (Å²) in [6, 6.07) is 3.59. The molecule has 3 aromatic rings. The number of hydrogen-bond acceptors (Lipinski definition) is 8. The van der Waals surface area contributed by atoms with Crippen molar-refractivity contribution in [3.8, 4) is 17.2 Å². The number of nitrogens with zero attached hydrogens (tertiary/aromatic N) is 3. The van der Waals surface area contributed by atoms with E-state index in [-0.39, 0.29) is 22.7 Å². The van der Waals surface area contributed by atoms with Gasteiger partial charge in [-0.05, 0) is 49.4 Å². The van der Waals surface area contributed by atoms with Crippen LogP contribution in [0.25, 0.3) is 22.7 Å². The molecule has 0 saturated heterocycles. The van der Waals surface area contributed by atoms with Gasteiger partial charge in [0, 0.05) is 17.2 Å². The van der Waals surface area contributed by atoms with Crippen molar-refractivity contribution in [2.45, 2.75) is 66.1 Å². The predicted molar refractivity (Wildman–Crippen MR) is 128 cm³/mol. The number of benzene rings is 1. The molecule has 184 valence electrons. The van der Waals surface area contributed by atoms with Crippen LogP contribution in [0.5, 0.6) is 5.75 Å². The van der Waals surface area contributed by atoms with E-state index in [1.54, 1.807) is 12.1 Å².